The molecule has 0 amide bonds. The Morgan fingerprint density at radius 2 is 1.78 bits per heavy atom. The van der Waals surface area contributed by atoms with Crippen molar-refractivity contribution in [2.75, 3.05) is 43.4 Å². The fourth-order valence-corrected chi connectivity index (χ4v) is 3.48. The Bertz CT molecular complexity index is 889. The van der Waals surface area contributed by atoms with Crippen molar-refractivity contribution in [1.82, 2.24) is 19.7 Å². The molecular formula is C21H26N6. The molecule has 4 rings (SSSR count). The highest BCUT2D eigenvalue weighted by Gasteiger charge is 2.14. The molecule has 0 radical (unpaired) electrons. The van der Waals surface area contributed by atoms with Gasteiger partial charge in [0.25, 0.3) is 0 Å². The molecule has 1 N–H and O–H groups in total. The monoisotopic (exact) mass is 362 g/mol. The van der Waals surface area contributed by atoms with Crippen molar-refractivity contribution in [2.24, 2.45) is 0 Å². The molecule has 0 atom stereocenters. The first-order chi connectivity index (χ1) is 13.2. The largest absolute Gasteiger partial charge is 0.370 e. The van der Waals surface area contributed by atoms with Crippen molar-refractivity contribution in [2.45, 2.75) is 13.3 Å². The summed E-state index contributed by atoms with van der Waals surface area (Å²) < 4.78 is 1.78. The Morgan fingerprint density at radius 3 is 2.63 bits per heavy atom. The standard InChI is InChI=1S/C21H26N6/c1-17-13-18(15-20(14-17)26-10-6-9-25(2)11-12-26)23-21-22-16-27(24-21)19-7-4-3-5-8-19/h3-5,7-8,13-16H,6,9-12H2,1-2H3,(H,23,24). The second kappa shape index (κ2) is 7.80. The number of anilines is 3. The van der Waals surface area contributed by atoms with Crippen molar-refractivity contribution in [3.63, 3.8) is 0 Å². The summed E-state index contributed by atoms with van der Waals surface area (Å²) in [6.07, 6.45) is 2.93. The summed E-state index contributed by atoms with van der Waals surface area (Å²) in [5.74, 6) is 0.603. The predicted molar refractivity (Wildman–Crippen MR) is 110 cm³/mol. The molecule has 1 aliphatic heterocycles. The van der Waals surface area contributed by atoms with Gasteiger partial charge < -0.3 is 15.1 Å². The van der Waals surface area contributed by atoms with Crippen LogP contribution in [-0.2, 0) is 0 Å². The molecule has 1 aliphatic rings. The number of benzene rings is 2. The molecule has 0 aliphatic carbocycles. The highest BCUT2D eigenvalue weighted by molar-refractivity contribution is 5.64. The van der Waals surface area contributed by atoms with Gasteiger partial charge in [-0.15, -0.1) is 5.10 Å². The van der Waals surface area contributed by atoms with Gasteiger partial charge >= 0.3 is 0 Å². The van der Waals surface area contributed by atoms with E-state index < -0.39 is 0 Å². The van der Waals surface area contributed by atoms with E-state index in [1.165, 1.54) is 17.7 Å². The molecule has 0 saturated carbocycles. The molecule has 2 heterocycles. The minimum atomic E-state index is 0.603. The van der Waals surface area contributed by atoms with E-state index in [0.29, 0.717) is 5.95 Å². The lowest BCUT2D eigenvalue weighted by Gasteiger charge is -2.24. The maximum absolute atomic E-state index is 4.55. The van der Waals surface area contributed by atoms with Crippen LogP contribution >= 0.6 is 0 Å². The average Bonchev–Trinajstić information content (AvgIpc) is 3.02. The van der Waals surface area contributed by atoms with Crippen LogP contribution in [0.5, 0.6) is 0 Å². The van der Waals surface area contributed by atoms with Crippen LogP contribution in [0, 0.1) is 6.92 Å². The van der Waals surface area contributed by atoms with Gasteiger partial charge in [0.15, 0.2) is 0 Å². The first-order valence-electron chi connectivity index (χ1n) is 9.47. The number of hydrogen-bond donors (Lipinski definition) is 1. The lowest BCUT2D eigenvalue weighted by molar-refractivity contribution is 0.360. The normalized spacial score (nSPS) is 15.6. The second-order valence-electron chi connectivity index (χ2n) is 7.17. The van der Waals surface area contributed by atoms with Crippen LogP contribution in [-0.4, -0.2) is 52.9 Å². The lowest BCUT2D eigenvalue weighted by atomic mass is 10.1. The van der Waals surface area contributed by atoms with Gasteiger partial charge in [0.1, 0.15) is 6.33 Å². The summed E-state index contributed by atoms with van der Waals surface area (Å²) in [7, 11) is 2.20. The van der Waals surface area contributed by atoms with Crippen molar-refractivity contribution in [3.05, 3.63) is 60.4 Å². The van der Waals surface area contributed by atoms with Gasteiger partial charge in [-0.2, -0.15) is 4.98 Å². The predicted octanol–water partition coefficient (Wildman–Crippen LogP) is 3.46. The molecule has 0 unspecified atom stereocenters. The van der Waals surface area contributed by atoms with Crippen LogP contribution in [0.1, 0.15) is 12.0 Å². The Kier molecular flexibility index (Phi) is 5.07. The Morgan fingerprint density at radius 1 is 0.926 bits per heavy atom. The summed E-state index contributed by atoms with van der Waals surface area (Å²) in [6, 6.07) is 16.6. The summed E-state index contributed by atoms with van der Waals surface area (Å²) in [6.45, 7) is 6.54. The maximum Gasteiger partial charge on any atom is 0.246 e. The van der Waals surface area contributed by atoms with Crippen molar-refractivity contribution < 1.29 is 0 Å². The van der Waals surface area contributed by atoms with E-state index in [9.17, 15) is 0 Å². The van der Waals surface area contributed by atoms with Gasteiger partial charge in [-0.25, -0.2) is 4.68 Å². The van der Waals surface area contributed by atoms with Gasteiger partial charge in [-0.05, 0) is 62.8 Å². The summed E-state index contributed by atoms with van der Waals surface area (Å²) in [5, 5.41) is 7.91. The van der Waals surface area contributed by atoms with Crippen LogP contribution in [0.15, 0.2) is 54.9 Å². The number of para-hydroxylation sites is 1. The quantitative estimate of drug-likeness (QED) is 0.770. The number of rotatable bonds is 4. The van der Waals surface area contributed by atoms with E-state index in [0.717, 1.165) is 37.6 Å². The summed E-state index contributed by atoms with van der Waals surface area (Å²) >= 11 is 0. The molecule has 3 aromatic rings. The number of aryl methyl sites for hydroxylation is 1. The Balaban J connectivity index is 1.53. The van der Waals surface area contributed by atoms with Crippen molar-refractivity contribution >= 4 is 17.3 Å². The number of likely N-dealkylation sites (N-methyl/N-ethyl adjacent to an activating group) is 1. The molecule has 6 nitrogen and oxygen atoms in total. The Labute approximate surface area is 160 Å². The van der Waals surface area contributed by atoms with Crippen LogP contribution in [0.25, 0.3) is 5.69 Å². The molecule has 0 spiro atoms. The molecule has 1 saturated heterocycles. The Hall–Kier alpha value is -2.86. The van der Waals surface area contributed by atoms with Crippen LogP contribution in [0.2, 0.25) is 0 Å². The zero-order chi connectivity index (χ0) is 18.6. The third-order valence-corrected chi connectivity index (χ3v) is 4.92. The maximum atomic E-state index is 4.55. The minimum absolute atomic E-state index is 0.603. The first kappa shape index (κ1) is 17.5. The third kappa shape index (κ3) is 4.28. The van der Waals surface area contributed by atoms with E-state index in [2.05, 4.69) is 57.4 Å². The van der Waals surface area contributed by atoms with E-state index in [1.54, 1.807) is 11.0 Å². The average molecular weight is 362 g/mol. The highest BCUT2D eigenvalue weighted by Crippen LogP contribution is 2.25. The van der Waals surface area contributed by atoms with E-state index in [-0.39, 0.29) is 0 Å². The van der Waals surface area contributed by atoms with Crippen molar-refractivity contribution in [1.29, 1.82) is 0 Å². The summed E-state index contributed by atoms with van der Waals surface area (Å²) in [4.78, 5) is 9.27. The fraction of sp³-hybridized carbons (Fsp3) is 0.333. The van der Waals surface area contributed by atoms with Gasteiger partial charge in [0.05, 0.1) is 5.69 Å². The van der Waals surface area contributed by atoms with E-state index in [4.69, 9.17) is 0 Å². The first-order valence-corrected chi connectivity index (χ1v) is 9.47. The topological polar surface area (TPSA) is 49.2 Å². The molecule has 1 aromatic heterocycles. The molecule has 2 aromatic carbocycles. The van der Waals surface area contributed by atoms with E-state index in [1.807, 2.05) is 30.3 Å². The second-order valence-corrected chi connectivity index (χ2v) is 7.17. The highest BCUT2D eigenvalue weighted by atomic mass is 15.4. The van der Waals surface area contributed by atoms with Crippen LogP contribution < -0.4 is 10.2 Å². The number of nitrogens with one attached hydrogen (secondary N) is 1. The fourth-order valence-electron chi connectivity index (χ4n) is 3.48. The van der Waals surface area contributed by atoms with Gasteiger partial charge in [-0.3, -0.25) is 0 Å². The zero-order valence-corrected chi connectivity index (χ0v) is 16.0. The number of aromatic nitrogens is 3. The molecule has 6 heteroatoms. The smallest absolute Gasteiger partial charge is 0.246 e. The summed E-state index contributed by atoms with van der Waals surface area (Å²) in [5.41, 5.74) is 4.51. The molecule has 0 bridgehead atoms. The minimum Gasteiger partial charge on any atom is -0.370 e. The molecule has 27 heavy (non-hydrogen) atoms. The van der Waals surface area contributed by atoms with Gasteiger partial charge in [0, 0.05) is 31.0 Å². The number of hydrogen-bond acceptors (Lipinski definition) is 5. The third-order valence-electron chi connectivity index (χ3n) is 4.92. The SMILES string of the molecule is Cc1cc(Nc2ncn(-c3ccccc3)n2)cc(N2CCCN(C)CC2)c1. The number of nitrogens with zero attached hydrogens (tertiary/aromatic N) is 5. The molecular weight excluding hydrogens is 336 g/mol. The van der Waals surface area contributed by atoms with Crippen molar-refractivity contribution in [3.8, 4) is 5.69 Å². The molecule has 140 valence electrons. The lowest BCUT2D eigenvalue weighted by Crippen LogP contribution is -2.28. The molecule has 1 fully saturated rings. The van der Waals surface area contributed by atoms with Crippen LogP contribution in [0.4, 0.5) is 17.3 Å². The van der Waals surface area contributed by atoms with Gasteiger partial charge in [-0.1, -0.05) is 18.2 Å². The zero-order valence-electron chi connectivity index (χ0n) is 16.0. The van der Waals surface area contributed by atoms with E-state index >= 15 is 0 Å². The van der Waals surface area contributed by atoms with Crippen LogP contribution in [0.3, 0.4) is 0 Å². The van der Waals surface area contributed by atoms with Gasteiger partial charge in [0.2, 0.25) is 5.95 Å².